The fraction of sp³-hybridized carbons (Fsp3) is 0.548. The summed E-state index contributed by atoms with van der Waals surface area (Å²) in [6.45, 7) is 4.03. The molecule has 2 aromatic carbocycles. The maximum atomic E-state index is 11.6. The van der Waals surface area contributed by atoms with Gasteiger partial charge in [0.15, 0.2) is 35.2 Å². The molecule has 2 unspecified atom stereocenters. The Morgan fingerprint density at radius 2 is 1.09 bits per heavy atom. The molecule has 0 bridgehead atoms. The predicted octanol–water partition coefficient (Wildman–Crippen LogP) is -1.000. The van der Waals surface area contributed by atoms with Gasteiger partial charge in [0.25, 0.3) is 0 Å². The fourth-order valence-corrected chi connectivity index (χ4v) is 5.41. The Morgan fingerprint density at radius 3 is 1.53 bits per heavy atom. The van der Waals surface area contributed by atoms with E-state index in [4.69, 9.17) is 23.7 Å². The molecular formula is C31H40O16. The zero-order valence-electron chi connectivity index (χ0n) is 25.7. The van der Waals surface area contributed by atoms with Crippen LogP contribution in [0.25, 0.3) is 0 Å². The van der Waals surface area contributed by atoms with Gasteiger partial charge in [0.2, 0.25) is 12.6 Å². The van der Waals surface area contributed by atoms with Gasteiger partial charge in [0, 0.05) is 0 Å². The number of aliphatic hydroxyl groups is 6. The summed E-state index contributed by atoms with van der Waals surface area (Å²) in [7, 11) is 1.46. The number of benzene rings is 2. The number of phenolic OH excluding ortho intramolecular Hbond substituents is 1. The average Bonchev–Trinajstić information content (AvgIpc) is 3.02. The van der Waals surface area contributed by atoms with Gasteiger partial charge in [-0.05, 0) is 60.1 Å². The number of carboxylic acids is 2. The highest BCUT2D eigenvalue weighted by Gasteiger charge is 2.50. The van der Waals surface area contributed by atoms with Crippen molar-refractivity contribution in [2.24, 2.45) is 11.8 Å². The van der Waals surface area contributed by atoms with E-state index in [1.807, 2.05) is 13.8 Å². The van der Waals surface area contributed by atoms with Gasteiger partial charge >= 0.3 is 11.9 Å². The number of carbonyl (C=O) groups is 2. The van der Waals surface area contributed by atoms with E-state index in [0.29, 0.717) is 24.2 Å². The van der Waals surface area contributed by atoms with Gasteiger partial charge in [-0.2, -0.15) is 0 Å². The van der Waals surface area contributed by atoms with Crippen LogP contribution in [0.1, 0.15) is 25.0 Å². The Morgan fingerprint density at radius 1 is 0.660 bits per heavy atom. The number of ether oxygens (including phenoxy) is 5. The number of hydrogen-bond donors (Lipinski definition) is 9. The van der Waals surface area contributed by atoms with Crippen LogP contribution in [0.4, 0.5) is 0 Å². The standard InChI is InChI=1S/C31H40O16/c1-12(8-14-4-6-16(32)18(10-14)43-3)13(2)9-15-5-7-17(44-30-24(37)20(33)22(35)26(46-30)28(39)40)19(11-15)45-31-25(38)21(34)23(36)27(47-31)29(41)42/h4-7,10-13,20-27,30-38H,8-9H2,1-3H3,(H,39,40)(H,41,42)/t12?,13?,20-,21-,22-,23-,24+,25+,26-,27-,30+,31+/m0/s1. The quantitative estimate of drug-likeness (QED) is 0.131. The zero-order chi connectivity index (χ0) is 34.7. The minimum Gasteiger partial charge on any atom is -0.504 e. The van der Waals surface area contributed by atoms with E-state index in [-0.39, 0.29) is 29.1 Å². The van der Waals surface area contributed by atoms with Crippen LogP contribution < -0.4 is 14.2 Å². The van der Waals surface area contributed by atoms with Gasteiger partial charge in [-0.15, -0.1) is 0 Å². The van der Waals surface area contributed by atoms with Crippen molar-refractivity contribution in [1.29, 1.82) is 0 Å². The molecule has 2 saturated heterocycles. The van der Waals surface area contributed by atoms with Gasteiger partial charge in [-0.25, -0.2) is 9.59 Å². The number of hydrogen-bond acceptors (Lipinski definition) is 14. The number of methoxy groups -OCH3 is 1. The third kappa shape index (κ3) is 8.05. The SMILES string of the molecule is COc1cc(CC(C)C(C)Cc2ccc(O[C@@H]3O[C@H](C(=O)O)[C@@H](O)[C@H](O)[C@H]3O)c(O[C@@H]3O[C@H](C(=O)O)[C@@H](O)[C@H](O)[C@H]3O)c2)ccc1O. The first-order valence-electron chi connectivity index (χ1n) is 14.8. The van der Waals surface area contributed by atoms with Crippen molar-refractivity contribution < 1.29 is 79.2 Å². The van der Waals surface area contributed by atoms with E-state index in [2.05, 4.69) is 0 Å². The van der Waals surface area contributed by atoms with Gasteiger partial charge in [0.1, 0.15) is 36.6 Å². The summed E-state index contributed by atoms with van der Waals surface area (Å²) in [5.74, 6) is -3.21. The fourth-order valence-electron chi connectivity index (χ4n) is 5.41. The van der Waals surface area contributed by atoms with Gasteiger partial charge in [0.05, 0.1) is 7.11 Å². The average molecular weight is 669 g/mol. The summed E-state index contributed by atoms with van der Waals surface area (Å²) in [4.78, 5) is 23.2. The number of aromatic hydroxyl groups is 1. The molecule has 16 heteroatoms. The van der Waals surface area contributed by atoms with Crippen molar-refractivity contribution in [3.63, 3.8) is 0 Å². The highest BCUT2D eigenvalue weighted by molar-refractivity contribution is 5.74. The molecular weight excluding hydrogens is 628 g/mol. The molecule has 260 valence electrons. The molecule has 2 heterocycles. The molecule has 0 saturated carbocycles. The molecule has 2 fully saturated rings. The minimum atomic E-state index is -1.98. The van der Waals surface area contributed by atoms with Crippen molar-refractivity contribution in [2.75, 3.05) is 7.11 Å². The molecule has 0 radical (unpaired) electrons. The molecule has 12 atom stereocenters. The largest absolute Gasteiger partial charge is 0.504 e. The molecule has 0 aliphatic carbocycles. The predicted molar refractivity (Wildman–Crippen MR) is 157 cm³/mol. The van der Waals surface area contributed by atoms with E-state index in [9.17, 15) is 55.5 Å². The molecule has 2 aliphatic rings. The van der Waals surface area contributed by atoms with Crippen LogP contribution in [-0.4, -0.2) is 126 Å². The molecule has 0 amide bonds. The third-order valence-corrected chi connectivity index (χ3v) is 8.45. The van der Waals surface area contributed by atoms with Crippen LogP contribution in [0, 0.1) is 11.8 Å². The maximum Gasteiger partial charge on any atom is 0.335 e. The first-order chi connectivity index (χ1) is 22.1. The topological polar surface area (TPSA) is 262 Å². The highest BCUT2D eigenvalue weighted by atomic mass is 16.7. The summed E-state index contributed by atoms with van der Waals surface area (Å²) >= 11 is 0. The van der Waals surface area contributed by atoms with Crippen LogP contribution in [0.5, 0.6) is 23.0 Å². The van der Waals surface area contributed by atoms with E-state index < -0.39 is 73.4 Å². The number of phenols is 1. The van der Waals surface area contributed by atoms with Gasteiger partial charge < -0.3 is 69.6 Å². The lowest BCUT2D eigenvalue weighted by molar-refractivity contribution is -0.276. The normalized spacial score (nSPS) is 32.2. The van der Waals surface area contributed by atoms with Crippen molar-refractivity contribution >= 4 is 11.9 Å². The maximum absolute atomic E-state index is 11.6. The Balaban J connectivity index is 1.61. The molecule has 4 rings (SSSR count). The molecule has 0 aromatic heterocycles. The second-order valence-electron chi connectivity index (χ2n) is 11.9. The second-order valence-corrected chi connectivity index (χ2v) is 11.9. The zero-order valence-corrected chi connectivity index (χ0v) is 25.7. The number of aliphatic hydroxyl groups excluding tert-OH is 6. The van der Waals surface area contributed by atoms with Crippen LogP contribution >= 0.6 is 0 Å². The van der Waals surface area contributed by atoms with Gasteiger partial charge in [-0.3, -0.25) is 0 Å². The summed E-state index contributed by atoms with van der Waals surface area (Å²) in [5.41, 5.74) is 1.58. The lowest BCUT2D eigenvalue weighted by Gasteiger charge is -2.40. The Kier molecular flexibility index (Phi) is 11.5. The van der Waals surface area contributed by atoms with E-state index in [1.165, 1.54) is 19.2 Å². The van der Waals surface area contributed by atoms with Crippen molar-refractivity contribution in [3.8, 4) is 23.0 Å². The summed E-state index contributed by atoms with van der Waals surface area (Å²) < 4.78 is 27.1. The molecule has 2 aliphatic heterocycles. The Bertz CT molecular complexity index is 1400. The first kappa shape index (κ1) is 36.1. The van der Waals surface area contributed by atoms with E-state index >= 15 is 0 Å². The lowest BCUT2D eigenvalue weighted by atomic mass is 9.85. The summed E-state index contributed by atoms with van der Waals surface area (Å²) in [6.07, 6.45) is -18.3. The van der Waals surface area contributed by atoms with Crippen LogP contribution in [0.2, 0.25) is 0 Å². The number of rotatable bonds is 12. The first-order valence-corrected chi connectivity index (χ1v) is 14.8. The van der Waals surface area contributed by atoms with E-state index in [1.54, 1.807) is 24.3 Å². The molecule has 9 N–H and O–H groups in total. The second kappa shape index (κ2) is 15.0. The van der Waals surface area contributed by atoms with Crippen LogP contribution in [-0.2, 0) is 31.9 Å². The van der Waals surface area contributed by atoms with Crippen molar-refractivity contribution in [3.05, 3.63) is 47.5 Å². The Labute approximate surface area is 268 Å². The van der Waals surface area contributed by atoms with Crippen LogP contribution in [0.15, 0.2) is 36.4 Å². The van der Waals surface area contributed by atoms with Gasteiger partial charge in [-0.1, -0.05) is 26.0 Å². The number of aliphatic carboxylic acids is 2. The third-order valence-electron chi connectivity index (χ3n) is 8.45. The van der Waals surface area contributed by atoms with Crippen LogP contribution in [0.3, 0.4) is 0 Å². The smallest absolute Gasteiger partial charge is 0.335 e. The minimum absolute atomic E-state index is 0.0193. The highest BCUT2D eigenvalue weighted by Crippen LogP contribution is 2.36. The molecule has 2 aromatic rings. The Hall–Kier alpha value is -3.74. The summed E-state index contributed by atoms with van der Waals surface area (Å²) in [6, 6.07) is 9.53. The monoisotopic (exact) mass is 668 g/mol. The van der Waals surface area contributed by atoms with Crippen molar-refractivity contribution in [2.45, 2.75) is 88.1 Å². The van der Waals surface area contributed by atoms with E-state index in [0.717, 1.165) is 5.56 Å². The molecule has 47 heavy (non-hydrogen) atoms. The summed E-state index contributed by atoms with van der Waals surface area (Å²) in [5, 5.41) is 90.4. The van der Waals surface area contributed by atoms with Crippen molar-refractivity contribution in [1.82, 2.24) is 0 Å². The number of carboxylic acid groups (broad SMARTS) is 2. The molecule has 16 nitrogen and oxygen atoms in total. The molecule has 0 spiro atoms. The lowest BCUT2D eigenvalue weighted by Crippen LogP contribution is -2.61.